The fourth-order valence-corrected chi connectivity index (χ4v) is 4.80. The molecule has 0 heterocycles. The van der Waals surface area contributed by atoms with Gasteiger partial charge in [0, 0.05) is 11.5 Å². The van der Waals surface area contributed by atoms with Gasteiger partial charge in [0.05, 0.1) is 15.6 Å². The second kappa shape index (κ2) is 7.78. The minimum atomic E-state index is -3.93. The van der Waals surface area contributed by atoms with Gasteiger partial charge in [-0.05, 0) is 36.4 Å². The summed E-state index contributed by atoms with van der Waals surface area (Å²) in [7, 11) is -3.93. The van der Waals surface area contributed by atoms with E-state index in [1.54, 1.807) is 72.8 Å². The molecule has 0 radical (unpaired) electrons. The zero-order valence-electron chi connectivity index (χ0n) is 15.2. The third-order valence-electron chi connectivity index (χ3n) is 4.31. The van der Waals surface area contributed by atoms with Crippen molar-refractivity contribution in [1.29, 1.82) is 0 Å². The predicted octanol–water partition coefficient (Wildman–Crippen LogP) is 5.72. The zero-order valence-corrected chi connectivity index (χ0v) is 16.1. The van der Waals surface area contributed by atoms with Crippen molar-refractivity contribution in [2.75, 3.05) is 0 Å². The van der Waals surface area contributed by atoms with Gasteiger partial charge in [-0.15, -0.1) is 0 Å². The van der Waals surface area contributed by atoms with Crippen LogP contribution in [0.3, 0.4) is 0 Å². The molecule has 0 spiro atoms. The summed E-state index contributed by atoms with van der Waals surface area (Å²) in [6, 6.07) is 26.9. The molecule has 0 aliphatic rings. The first-order valence-electron chi connectivity index (χ1n) is 8.83. The molecule has 0 aromatic heterocycles. The van der Waals surface area contributed by atoms with Crippen molar-refractivity contribution in [3.8, 4) is 11.5 Å². The average Bonchev–Trinajstić information content (AvgIpc) is 2.74. The number of benzene rings is 4. The summed E-state index contributed by atoms with van der Waals surface area (Å²) in [5.41, 5.74) is -0.0738. The molecule has 0 bridgehead atoms. The molecule has 7 heteroatoms. The Bertz CT molecular complexity index is 1170. The second-order valence-electron chi connectivity index (χ2n) is 6.21. The van der Waals surface area contributed by atoms with Gasteiger partial charge >= 0.3 is 7.60 Å². The Labute approximate surface area is 167 Å². The van der Waals surface area contributed by atoms with E-state index in [-0.39, 0.29) is 11.0 Å². The topological polar surface area (TPSA) is 78.7 Å². The van der Waals surface area contributed by atoms with E-state index >= 15 is 0 Å². The summed E-state index contributed by atoms with van der Waals surface area (Å²) in [6.45, 7) is 0. The van der Waals surface area contributed by atoms with Gasteiger partial charge in [-0.3, -0.25) is 10.1 Å². The van der Waals surface area contributed by atoms with E-state index in [4.69, 9.17) is 9.05 Å². The molecule has 0 saturated carbocycles. The number of nitro benzene ring substituents is 1. The summed E-state index contributed by atoms with van der Waals surface area (Å²) in [5, 5.41) is 12.5. The minimum Gasteiger partial charge on any atom is -0.413 e. The maximum atomic E-state index is 14.0. The third kappa shape index (κ3) is 3.84. The van der Waals surface area contributed by atoms with Crippen LogP contribution < -0.4 is 14.4 Å². The van der Waals surface area contributed by atoms with E-state index in [2.05, 4.69) is 0 Å². The van der Waals surface area contributed by atoms with Gasteiger partial charge in [0.1, 0.15) is 11.5 Å². The molecule has 4 aromatic rings. The molecule has 6 nitrogen and oxygen atoms in total. The van der Waals surface area contributed by atoms with Crippen molar-refractivity contribution in [2.45, 2.75) is 0 Å². The summed E-state index contributed by atoms with van der Waals surface area (Å²) >= 11 is 0. The summed E-state index contributed by atoms with van der Waals surface area (Å²) in [4.78, 5) is 11.0. The Morgan fingerprint density at radius 2 is 1.14 bits per heavy atom. The third-order valence-corrected chi connectivity index (χ3v) is 6.19. The van der Waals surface area contributed by atoms with Gasteiger partial charge < -0.3 is 9.05 Å². The number of fused-ring (bicyclic) bond motifs is 1. The maximum Gasteiger partial charge on any atom is 0.463 e. The Morgan fingerprint density at radius 1 is 0.655 bits per heavy atom. The van der Waals surface area contributed by atoms with E-state index in [0.717, 1.165) is 0 Å². The lowest BCUT2D eigenvalue weighted by Crippen LogP contribution is -2.16. The summed E-state index contributed by atoms with van der Waals surface area (Å²) in [6.07, 6.45) is 0. The van der Waals surface area contributed by atoms with Crippen LogP contribution >= 0.6 is 7.60 Å². The summed E-state index contributed by atoms with van der Waals surface area (Å²) in [5.74, 6) is 0.739. The van der Waals surface area contributed by atoms with E-state index in [9.17, 15) is 14.7 Å². The quantitative estimate of drug-likeness (QED) is 0.233. The molecule has 0 aliphatic heterocycles. The van der Waals surface area contributed by atoms with Gasteiger partial charge in [0.15, 0.2) is 0 Å². The van der Waals surface area contributed by atoms with Crippen LogP contribution in [0.4, 0.5) is 5.69 Å². The van der Waals surface area contributed by atoms with Gasteiger partial charge in [-0.1, -0.05) is 54.6 Å². The molecule has 0 fully saturated rings. The number of hydrogen-bond acceptors (Lipinski definition) is 5. The number of rotatable bonds is 6. The Morgan fingerprint density at radius 3 is 1.66 bits per heavy atom. The molecular formula is C22H16NO5P. The monoisotopic (exact) mass is 405 g/mol. The number of para-hydroxylation sites is 2. The largest absolute Gasteiger partial charge is 0.463 e. The molecule has 0 atom stereocenters. The van der Waals surface area contributed by atoms with Crippen LogP contribution in [-0.4, -0.2) is 4.92 Å². The van der Waals surface area contributed by atoms with Crippen LogP contribution in [0.2, 0.25) is 0 Å². The molecule has 0 amide bonds. The van der Waals surface area contributed by atoms with E-state index in [1.807, 2.05) is 12.1 Å². The van der Waals surface area contributed by atoms with E-state index in [0.29, 0.717) is 22.3 Å². The van der Waals surface area contributed by atoms with Gasteiger partial charge in [0.25, 0.3) is 5.69 Å². The highest BCUT2D eigenvalue weighted by Gasteiger charge is 2.34. The van der Waals surface area contributed by atoms with Crippen LogP contribution in [0.5, 0.6) is 11.5 Å². The van der Waals surface area contributed by atoms with Crippen molar-refractivity contribution in [3.63, 3.8) is 0 Å². The smallest absolute Gasteiger partial charge is 0.413 e. The lowest BCUT2D eigenvalue weighted by Gasteiger charge is -2.21. The lowest BCUT2D eigenvalue weighted by atomic mass is 10.1. The van der Waals surface area contributed by atoms with Crippen molar-refractivity contribution in [3.05, 3.63) is 107 Å². The van der Waals surface area contributed by atoms with E-state index < -0.39 is 12.5 Å². The Hall–Kier alpha value is -3.63. The highest BCUT2D eigenvalue weighted by Crippen LogP contribution is 2.49. The Balaban J connectivity index is 1.91. The van der Waals surface area contributed by atoms with Crippen LogP contribution in [0, 0.1) is 10.1 Å². The first-order valence-corrected chi connectivity index (χ1v) is 10.4. The minimum absolute atomic E-state index is 0.0738. The fourth-order valence-electron chi connectivity index (χ4n) is 3.02. The van der Waals surface area contributed by atoms with E-state index in [1.165, 1.54) is 12.1 Å². The van der Waals surface area contributed by atoms with Crippen molar-refractivity contribution >= 4 is 29.4 Å². The van der Waals surface area contributed by atoms with Crippen molar-refractivity contribution in [2.24, 2.45) is 0 Å². The van der Waals surface area contributed by atoms with Crippen LogP contribution in [0.1, 0.15) is 0 Å². The molecule has 0 N–H and O–H groups in total. The second-order valence-corrected chi connectivity index (χ2v) is 8.05. The Kier molecular flexibility index (Phi) is 5.02. The molecule has 4 aromatic carbocycles. The molecule has 0 aliphatic carbocycles. The predicted molar refractivity (Wildman–Crippen MR) is 112 cm³/mol. The van der Waals surface area contributed by atoms with Crippen molar-refractivity contribution in [1.82, 2.24) is 0 Å². The normalized spacial score (nSPS) is 11.2. The molecular weight excluding hydrogens is 389 g/mol. The van der Waals surface area contributed by atoms with Gasteiger partial charge in [-0.25, -0.2) is 4.57 Å². The van der Waals surface area contributed by atoms with Crippen LogP contribution in [0.15, 0.2) is 97.1 Å². The standard InChI is InChI=1S/C22H16NO5P/c24-23(25)21-15-16-22(20-14-8-7-13-19(20)21)29(26,27-17-9-3-1-4-10-17)28-18-11-5-2-6-12-18/h1-16H. The molecule has 29 heavy (non-hydrogen) atoms. The maximum absolute atomic E-state index is 14.0. The first kappa shape index (κ1) is 18.7. The summed E-state index contributed by atoms with van der Waals surface area (Å²) < 4.78 is 25.8. The molecule has 0 unspecified atom stereocenters. The number of hydrogen-bond donors (Lipinski definition) is 0. The lowest BCUT2D eigenvalue weighted by molar-refractivity contribution is -0.383. The van der Waals surface area contributed by atoms with Crippen molar-refractivity contribution < 1.29 is 18.5 Å². The first-order chi connectivity index (χ1) is 14.1. The molecule has 0 saturated heterocycles. The molecule has 4 rings (SSSR count). The van der Waals surface area contributed by atoms with Gasteiger partial charge in [-0.2, -0.15) is 0 Å². The van der Waals surface area contributed by atoms with Crippen LogP contribution in [0.25, 0.3) is 10.8 Å². The number of nitro groups is 1. The SMILES string of the molecule is O=[N+]([O-])c1ccc(P(=O)(Oc2ccccc2)Oc2ccccc2)c2ccccc12. The zero-order chi connectivity index (χ0) is 20.3. The fraction of sp³-hybridized carbons (Fsp3) is 0. The number of non-ortho nitro benzene ring substituents is 1. The van der Waals surface area contributed by atoms with Gasteiger partial charge in [0.2, 0.25) is 0 Å². The number of nitrogens with zero attached hydrogens (tertiary/aromatic N) is 1. The van der Waals surface area contributed by atoms with Crippen LogP contribution in [-0.2, 0) is 4.57 Å². The highest BCUT2D eigenvalue weighted by atomic mass is 31.2. The molecule has 144 valence electrons. The highest BCUT2D eigenvalue weighted by molar-refractivity contribution is 7.63. The average molecular weight is 405 g/mol.